The quantitative estimate of drug-likeness (QED) is 0.703. The van der Waals surface area contributed by atoms with Gasteiger partial charge in [0.2, 0.25) is 5.95 Å². The molecule has 0 amide bonds. The molecule has 1 N–H and O–H groups in total. The molecule has 2 heterocycles. The molecule has 0 atom stereocenters. The highest BCUT2D eigenvalue weighted by Crippen LogP contribution is 2.26. The molecule has 0 spiro atoms. The molecule has 5 heteroatoms. The lowest BCUT2D eigenvalue weighted by Crippen LogP contribution is -2.35. The molecule has 0 radical (unpaired) electrons. The lowest BCUT2D eigenvalue weighted by Gasteiger charge is -2.32. The van der Waals surface area contributed by atoms with E-state index in [0.717, 1.165) is 36.9 Å². The third-order valence-electron chi connectivity index (χ3n) is 5.70. The van der Waals surface area contributed by atoms with Gasteiger partial charge in [-0.3, -0.25) is 0 Å². The zero-order valence-corrected chi connectivity index (χ0v) is 16.6. The van der Waals surface area contributed by atoms with Crippen LogP contribution < -0.4 is 10.2 Å². The van der Waals surface area contributed by atoms with Crippen molar-refractivity contribution in [3.05, 3.63) is 71.4 Å². The molecule has 1 aromatic heterocycles. The maximum Gasteiger partial charge on any atom is 0.249 e. The number of piperidine rings is 1. The van der Waals surface area contributed by atoms with Gasteiger partial charge in [0, 0.05) is 18.8 Å². The van der Waals surface area contributed by atoms with Gasteiger partial charge < -0.3 is 10.2 Å². The van der Waals surface area contributed by atoms with E-state index in [9.17, 15) is 0 Å². The molecule has 2 aromatic carbocycles. The van der Waals surface area contributed by atoms with E-state index in [1.807, 2.05) is 12.1 Å². The summed E-state index contributed by atoms with van der Waals surface area (Å²) < 4.78 is 0. The second-order valence-corrected chi connectivity index (χ2v) is 7.63. The molecule has 144 valence electrons. The fourth-order valence-electron chi connectivity index (χ4n) is 3.82. The van der Waals surface area contributed by atoms with E-state index in [2.05, 4.69) is 70.7 Å². The number of anilines is 3. The van der Waals surface area contributed by atoms with Crippen molar-refractivity contribution in [2.24, 2.45) is 5.92 Å². The van der Waals surface area contributed by atoms with Gasteiger partial charge in [0.1, 0.15) is 0 Å². The van der Waals surface area contributed by atoms with Gasteiger partial charge in [-0.25, -0.2) is 0 Å². The molecule has 1 aliphatic heterocycles. The smallest absolute Gasteiger partial charge is 0.249 e. The zero-order valence-electron chi connectivity index (χ0n) is 16.6. The van der Waals surface area contributed by atoms with Crippen LogP contribution in [-0.2, 0) is 6.42 Å². The summed E-state index contributed by atoms with van der Waals surface area (Å²) in [4.78, 5) is 7.04. The van der Waals surface area contributed by atoms with Crippen molar-refractivity contribution in [1.82, 2.24) is 15.2 Å². The lowest BCUT2D eigenvalue weighted by atomic mass is 9.90. The van der Waals surface area contributed by atoms with E-state index < -0.39 is 0 Å². The van der Waals surface area contributed by atoms with Crippen LogP contribution in [0, 0.1) is 19.8 Å². The topological polar surface area (TPSA) is 53.9 Å². The van der Waals surface area contributed by atoms with Crippen LogP contribution in [0.5, 0.6) is 0 Å². The van der Waals surface area contributed by atoms with Gasteiger partial charge in [0.05, 0.1) is 6.20 Å². The summed E-state index contributed by atoms with van der Waals surface area (Å²) in [6, 6.07) is 17.0. The summed E-state index contributed by atoms with van der Waals surface area (Å²) in [6.07, 6.45) is 5.29. The summed E-state index contributed by atoms with van der Waals surface area (Å²) in [7, 11) is 0. The first-order valence-corrected chi connectivity index (χ1v) is 10.0. The molecular weight excluding hydrogens is 346 g/mol. The first kappa shape index (κ1) is 18.4. The number of nitrogens with zero attached hydrogens (tertiary/aromatic N) is 4. The van der Waals surface area contributed by atoms with Crippen LogP contribution >= 0.6 is 0 Å². The summed E-state index contributed by atoms with van der Waals surface area (Å²) in [6.45, 7) is 6.24. The molecule has 0 unspecified atom stereocenters. The predicted octanol–water partition coefficient (Wildman–Crippen LogP) is 4.69. The molecular formula is C23H27N5. The summed E-state index contributed by atoms with van der Waals surface area (Å²) in [5.74, 6) is 2.19. The SMILES string of the molecule is Cc1cccc(Nc2nncc(N3CCC(Cc4ccccc4)CC3)n2)c1C. The molecule has 28 heavy (non-hydrogen) atoms. The Morgan fingerprint density at radius 1 is 1.00 bits per heavy atom. The van der Waals surface area contributed by atoms with E-state index >= 15 is 0 Å². The maximum absolute atomic E-state index is 4.71. The normalized spacial score (nSPS) is 14.9. The van der Waals surface area contributed by atoms with Crippen molar-refractivity contribution < 1.29 is 0 Å². The Hall–Kier alpha value is -2.95. The number of aromatic nitrogens is 3. The standard InChI is InChI=1S/C23H27N5/c1-17-7-6-10-21(18(17)2)25-23-26-22(16-24-27-23)28-13-11-20(12-14-28)15-19-8-4-3-5-9-19/h3-10,16,20H,11-15H2,1-2H3,(H,25,26,27). The van der Waals surface area contributed by atoms with E-state index in [0.29, 0.717) is 5.95 Å². The minimum atomic E-state index is 0.553. The van der Waals surface area contributed by atoms with E-state index in [1.54, 1.807) is 6.20 Å². The Balaban J connectivity index is 1.39. The Labute approximate surface area is 166 Å². The van der Waals surface area contributed by atoms with Gasteiger partial charge in [0.15, 0.2) is 5.82 Å². The number of aryl methyl sites for hydroxylation is 1. The number of hydrogen-bond acceptors (Lipinski definition) is 5. The highest BCUT2D eigenvalue weighted by atomic mass is 15.3. The monoisotopic (exact) mass is 373 g/mol. The summed E-state index contributed by atoms with van der Waals surface area (Å²) in [5.41, 5.74) is 4.91. The molecule has 1 fully saturated rings. The molecule has 1 aliphatic rings. The van der Waals surface area contributed by atoms with Crippen molar-refractivity contribution in [3.8, 4) is 0 Å². The van der Waals surface area contributed by atoms with Crippen molar-refractivity contribution in [2.45, 2.75) is 33.1 Å². The number of rotatable bonds is 5. The van der Waals surface area contributed by atoms with Gasteiger partial charge in [-0.05, 0) is 61.8 Å². The second-order valence-electron chi connectivity index (χ2n) is 7.63. The van der Waals surface area contributed by atoms with E-state index in [4.69, 9.17) is 4.98 Å². The average molecular weight is 374 g/mol. The minimum absolute atomic E-state index is 0.553. The predicted molar refractivity (Wildman–Crippen MR) is 114 cm³/mol. The van der Waals surface area contributed by atoms with Crippen LogP contribution in [0.3, 0.4) is 0 Å². The van der Waals surface area contributed by atoms with Crippen molar-refractivity contribution in [1.29, 1.82) is 0 Å². The van der Waals surface area contributed by atoms with Crippen molar-refractivity contribution in [2.75, 3.05) is 23.3 Å². The molecule has 3 aromatic rings. The minimum Gasteiger partial charge on any atom is -0.355 e. The average Bonchev–Trinajstić information content (AvgIpc) is 2.73. The molecule has 0 aliphatic carbocycles. The van der Waals surface area contributed by atoms with Gasteiger partial charge in [-0.2, -0.15) is 10.1 Å². The van der Waals surface area contributed by atoms with Crippen LogP contribution in [0.1, 0.15) is 29.5 Å². The molecule has 1 saturated heterocycles. The van der Waals surface area contributed by atoms with Gasteiger partial charge >= 0.3 is 0 Å². The fourth-order valence-corrected chi connectivity index (χ4v) is 3.82. The van der Waals surface area contributed by atoms with Gasteiger partial charge in [0.25, 0.3) is 0 Å². The van der Waals surface area contributed by atoms with Crippen LogP contribution in [0.25, 0.3) is 0 Å². The molecule has 0 saturated carbocycles. The second kappa shape index (κ2) is 8.38. The fraction of sp³-hybridized carbons (Fsp3) is 0.348. The summed E-state index contributed by atoms with van der Waals surface area (Å²) in [5, 5.41) is 11.7. The Bertz CT molecular complexity index is 917. The Morgan fingerprint density at radius 3 is 2.57 bits per heavy atom. The highest BCUT2D eigenvalue weighted by molar-refractivity contribution is 5.60. The zero-order chi connectivity index (χ0) is 19.3. The first-order chi connectivity index (χ1) is 13.7. The van der Waals surface area contributed by atoms with Crippen molar-refractivity contribution >= 4 is 17.5 Å². The largest absolute Gasteiger partial charge is 0.355 e. The van der Waals surface area contributed by atoms with Gasteiger partial charge in [-0.1, -0.05) is 42.5 Å². The highest BCUT2D eigenvalue weighted by Gasteiger charge is 2.21. The lowest BCUT2D eigenvalue weighted by molar-refractivity contribution is 0.402. The number of nitrogens with one attached hydrogen (secondary N) is 1. The first-order valence-electron chi connectivity index (χ1n) is 10.0. The number of hydrogen-bond donors (Lipinski definition) is 1. The van der Waals surface area contributed by atoms with Crippen LogP contribution in [0.4, 0.5) is 17.5 Å². The van der Waals surface area contributed by atoms with E-state index in [-0.39, 0.29) is 0 Å². The third-order valence-corrected chi connectivity index (χ3v) is 5.70. The maximum atomic E-state index is 4.71. The molecule has 5 nitrogen and oxygen atoms in total. The number of benzene rings is 2. The third kappa shape index (κ3) is 4.30. The van der Waals surface area contributed by atoms with Gasteiger partial charge in [-0.15, -0.1) is 5.10 Å². The molecule has 0 bridgehead atoms. The summed E-state index contributed by atoms with van der Waals surface area (Å²) >= 11 is 0. The van der Waals surface area contributed by atoms with E-state index in [1.165, 1.54) is 29.5 Å². The van der Waals surface area contributed by atoms with Crippen LogP contribution in [0.15, 0.2) is 54.7 Å². The van der Waals surface area contributed by atoms with Crippen LogP contribution in [0.2, 0.25) is 0 Å². The van der Waals surface area contributed by atoms with Crippen LogP contribution in [-0.4, -0.2) is 28.3 Å². The van der Waals surface area contributed by atoms with Crippen molar-refractivity contribution in [3.63, 3.8) is 0 Å². The Morgan fingerprint density at radius 2 is 1.79 bits per heavy atom. The Kier molecular flexibility index (Phi) is 5.51. The molecule has 4 rings (SSSR count).